The van der Waals surface area contributed by atoms with Crippen molar-refractivity contribution in [3.05, 3.63) is 0 Å². The van der Waals surface area contributed by atoms with Crippen LogP contribution in [-0.2, 0) is 0 Å². The fourth-order valence-corrected chi connectivity index (χ4v) is 1.59. The molecule has 0 heterocycles. The van der Waals surface area contributed by atoms with Crippen molar-refractivity contribution < 1.29 is 0 Å². The summed E-state index contributed by atoms with van der Waals surface area (Å²) in [5, 5.41) is 0. The maximum atomic E-state index is 5.79. The Morgan fingerprint density at radius 1 is 1.50 bits per heavy atom. The average Bonchev–Trinajstić information content (AvgIpc) is 2.79. The maximum absolute atomic E-state index is 5.79. The zero-order chi connectivity index (χ0) is 8.97. The van der Waals surface area contributed by atoms with Crippen LogP contribution in [0.5, 0.6) is 0 Å². The van der Waals surface area contributed by atoms with Gasteiger partial charge in [-0.15, -0.1) is 0 Å². The smallest absolute Gasteiger partial charge is 0.0139 e. The molecule has 1 fully saturated rings. The van der Waals surface area contributed by atoms with Crippen LogP contribution in [0.25, 0.3) is 0 Å². The zero-order valence-electron chi connectivity index (χ0n) is 8.42. The summed E-state index contributed by atoms with van der Waals surface area (Å²) >= 11 is 0. The molecule has 2 N–H and O–H groups in total. The van der Waals surface area contributed by atoms with Crippen LogP contribution in [0.1, 0.15) is 39.5 Å². The molecule has 0 aliphatic heterocycles. The summed E-state index contributed by atoms with van der Waals surface area (Å²) in [5.74, 6) is 0. The van der Waals surface area contributed by atoms with Gasteiger partial charge in [0.2, 0.25) is 0 Å². The topological polar surface area (TPSA) is 29.3 Å². The Bertz CT molecular complexity index is 119. The van der Waals surface area contributed by atoms with Crippen LogP contribution in [-0.4, -0.2) is 30.1 Å². The zero-order valence-corrected chi connectivity index (χ0v) is 8.42. The minimum atomic E-state index is 0.336. The van der Waals surface area contributed by atoms with E-state index in [1.807, 2.05) is 0 Å². The summed E-state index contributed by atoms with van der Waals surface area (Å²) in [6.07, 6.45) is 5.41. The van der Waals surface area contributed by atoms with Crippen molar-refractivity contribution in [3.8, 4) is 0 Å². The van der Waals surface area contributed by atoms with Crippen LogP contribution in [0.4, 0.5) is 0 Å². The molecule has 12 heavy (non-hydrogen) atoms. The molecule has 0 aromatic rings. The van der Waals surface area contributed by atoms with Crippen molar-refractivity contribution in [2.45, 2.75) is 51.6 Å². The molecule has 0 spiro atoms. The molecule has 0 aromatic carbocycles. The van der Waals surface area contributed by atoms with Gasteiger partial charge in [-0.3, -0.25) is 4.90 Å². The monoisotopic (exact) mass is 170 g/mol. The molecule has 0 bridgehead atoms. The van der Waals surface area contributed by atoms with Crippen LogP contribution in [0.15, 0.2) is 0 Å². The average molecular weight is 170 g/mol. The van der Waals surface area contributed by atoms with Gasteiger partial charge in [0.15, 0.2) is 0 Å². The van der Waals surface area contributed by atoms with E-state index in [9.17, 15) is 0 Å². The Labute approximate surface area is 76.1 Å². The van der Waals surface area contributed by atoms with E-state index in [0.717, 1.165) is 12.6 Å². The highest BCUT2D eigenvalue weighted by Gasteiger charge is 2.28. The van der Waals surface area contributed by atoms with Gasteiger partial charge in [-0.1, -0.05) is 13.3 Å². The first-order chi connectivity index (χ1) is 5.74. The van der Waals surface area contributed by atoms with Crippen molar-refractivity contribution in [2.24, 2.45) is 5.73 Å². The van der Waals surface area contributed by atoms with E-state index in [4.69, 9.17) is 5.73 Å². The van der Waals surface area contributed by atoms with Gasteiger partial charge in [0.25, 0.3) is 0 Å². The number of hydrogen-bond donors (Lipinski definition) is 1. The summed E-state index contributed by atoms with van der Waals surface area (Å²) < 4.78 is 0. The van der Waals surface area contributed by atoms with Gasteiger partial charge in [0.1, 0.15) is 0 Å². The molecule has 0 amide bonds. The third-order valence-electron chi connectivity index (χ3n) is 2.38. The van der Waals surface area contributed by atoms with E-state index in [-0.39, 0.29) is 0 Å². The Morgan fingerprint density at radius 3 is 2.58 bits per heavy atom. The van der Waals surface area contributed by atoms with Gasteiger partial charge in [-0.25, -0.2) is 0 Å². The first kappa shape index (κ1) is 10.0. The second kappa shape index (κ2) is 4.83. The third kappa shape index (κ3) is 3.55. The molecule has 2 heteroatoms. The van der Waals surface area contributed by atoms with Gasteiger partial charge in [0.05, 0.1) is 0 Å². The lowest BCUT2D eigenvalue weighted by Crippen LogP contribution is -2.37. The molecular weight excluding hydrogens is 148 g/mol. The minimum absolute atomic E-state index is 0.336. The summed E-state index contributed by atoms with van der Waals surface area (Å²) in [4.78, 5) is 2.56. The third-order valence-corrected chi connectivity index (χ3v) is 2.38. The fourth-order valence-electron chi connectivity index (χ4n) is 1.59. The van der Waals surface area contributed by atoms with Gasteiger partial charge in [0, 0.05) is 18.6 Å². The molecule has 72 valence electrons. The van der Waals surface area contributed by atoms with Gasteiger partial charge < -0.3 is 5.73 Å². The number of nitrogens with two attached hydrogens (primary N) is 1. The van der Waals surface area contributed by atoms with Gasteiger partial charge >= 0.3 is 0 Å². The summed E-state index contributed by atoms with van der Waals surface area (Å²) in [7, 11) is 0. The predicted molar refractivity (Wildman–Crippen MR) is 53.2 cm³/mol. The predicted octanol–water partition coefficient (Wildman–Crippen LogP) is 1.60. The Morgan fingerprint density at radius 2 is 2.17 bits per heavy atom. The highest BCUT2D eigenvalue weighted by molar-refractivity contribution is 4.85. The van der Waals surface area contributed by atoms with E-state index in [0.29, 0.717) is 6.04 Å². The molecule has 1 atom stereocenters. The van der Waals surface area contributed by atoms with Crippen molar-refractivity contribution >= 4 is 0 Å². The summed E-state index contributed by atoms with van der Waals surface area (Å²) in [6, 6.07) is 1.21. The molecule has 2 nitrogen and oxygen atoms in total. The molecule has 0 radical (unpaired) electrons. The van der Waals surface area contributed by atoms with Crippen LogP contribution in [0, 0.1) is 0 Å². The second-order valence-electron chi connectivity index (χ2n) is 4.06. The standard InChI is InChI=1S/C10H22N2/c1-3-4-7-12(8-9(2)11)10-5-6-10/h9-10H,3-8,11H2,1-2H3. The summed E-state index contributed by atoms with van der Waals surface area (Å²) in [5.41, 5.74) is 5.79. The van der Waals surface area contributed by atoms with E-state index in [1.165, 1.54) is 32.2 Å². The van der Waals surface area contributed by atoms with E-state index in [1.54, 1.807) is 0 Å². The lowest BCUT2D eigenvalue weighted by Gasteiger charge is -2.23. The highest BCUT2D eigenvalue weighted by Crippen LogP contribution is 2.26. The number of unbranched alkanes of at least 4 members (excludes halogenated alkanes) is 1. The van der Waals surface area contributed by atoms with Gasteiger partial charge in [-0.05, 0) is 32.7 Å². The normalized spacial score (nSPS) is 20.0. The lowest BCUT2D eigenvalue weighted by atomic mass is 10.2. The molecule has 1 saturated carbocycles. The number of rotatable bonds is 6. The maximum Gasteiger partial charge on any atom is 0.0139 e. The fraction of sp³-hybridized carbons (Fsp3) is 1.00. The second-order valence-corrected chi connectivity index (χ2v) is 4.06. The van der Waals surface area contributed by atoms with Crippen LogP contribution in [0.3, 0.4) is 0 Å². The molecule has 1 aliphatic carbocycles. The minimum Gasteiger partial charge on any atom is -0.327 e. The van der Waals surface area contributed by atoms with Crippen molar-refractivity contribution in [1.29, 1.82) is 0 Å². The number of hydrogen-bond acceptors (Lipinski definition) is 2. The van der Waals surface area contributed by atoms with Gasteiger partial charge in [-0.2, -0.15) is 0 Å². The van der Waals surface area contributed by atoms with Crippen LogP contribution >= 0.6 is 0 Å². The highest BCUT2D eigenvalue weighted by atomic mass is 15.2. The van der Waals surface area contributed by atoms with E-state index < -0.39 is 0 Å². The molecule has 0 saturated heterocycles. The van der Waals surface area contributed by atoms with E-state index >= 15 is 0 Å². The Hall–Kier alpha value is -0.0800. The Kier molecular flexibility index (Phi) is 4.02. The van der Waals surface area contributed by atoms with Crippen molar-refractivity contribution in [3.63, 3.8) is 0 Å². The first-order valence-corrected chi connectivity index (χ1v) is 5.23. The largest absolute Gasteiger partial charge is 0.327 e. The molecular formula is C10H22N2. The summed E-state index contributed by atoms with van der Waals surface area (Å²) in [6.45, 7) is 6.69. The quantitative estimate of drug-likeness (QED) is 0.656. The molecule has 1 rings (SSSR count). The van der Waals surface area contributed by atoms with Crippen molar-refractivity contribution in [2.75, 3.05) is 13.1 Å². The lowest BCUT2D eigenvalue weighted by molar-refractivity contribution is 0.247. The van der Waals surface area contributed by atoms with Crippen molar-refractivity contribution in [1.82, 2.24) is 4.90 Å². The SMILES string of the molecule is CCCCN(CC(C)N)C1CC1. The molecule has 1 unspecified atom stereocenters. The van der Waals surface area contributed by atoms with Crippen LogP contribution < -0.4 is 5.73 Å². The molecule has 0 aromatic heterocycles. The molecule has 1 aliphatic rings. The first-order valence-electron chi connectivity index (χ1n) is 5.23. The Balaban J connectivity index is 2.18. The van der Waals surface area contributed by atoms with E-state index in [2.05, 4.69) is 18.7 Å². The number of nitrogens with zero attached hydrogens (tertiary/aromatic N) is 1. The van der Waals surface area contributed by atoms with Crippen LogP contribution in [0.2, 0.25) is 0 Å².